The second kappa shape index (κ2) is 14.1. The van der Waals surface area contributed by atoms with Crippen molar-refractivity contribution in [3.8, 4) is 0 Å². The van der Waals surface area contributed by atoms with Crippen molar-refractivity contribution in [2.75, 3.05) is 35.4 Å². The summed E-state index contributed by atoms with van der Waals surface area (Å²) in [6.07, 6.45) is 1.37. The molecule has 0 aliphatic rings. The summed E-state index contributed by atoms with van der Waals surface area (Å²) in [6.45, 7) is 11.5. The molecule has 0 N–H and O–H groups in total. The van der Waals surface area contributed by atoms with E-state index < -0.39 is 30.2 Å². The molecule has 192 valence electrons. The lowest BCUT2D eigenvalue weighted by atomic mass is 9.91. The standard InChI is InChI=1S/C24H45N3O6/c1-12-15(4)18(21(28)26(8)20(17(6)14-3)23(30)32-10)25(7)22(29)19(16(5)13-2)27(9)24(31)33-11/h15-20H,12-14H2,1-11H3. The van der Waals surface area contributed by atoms with Crippen molar-refractivity contribution in [1.29, 1.82) is 0 Å². The third kappa shape index (κ3) is 7.33. The SMILES string of the molecule is CCC(C)C(C(=O)N(C)C(C(=O)N(C)C(C(=O)OC)C(C)CC)C(C)CC)N(C)C(=O)OC. The van der Waals surface area contributed by atoms with E-state index in [0.717, 1.165) is 0 Å². The smallest absolute Gasteiger partial charge is 0.409 e. The van der Waals surface area contributed by atoms with Crippen LogP contribution in [-0.4, -0.2) is 92.1 Å². The molecule has 0 bridgehead atoms. The molecule has 0 aliphatic heterocycles. The van der Waals surface area contributed by atoms with E-state index in [4.69, 9.17) is 9.47 Å². The van der Waals surface area contributed by atoms with Crippen LogP contribution >= 0.6 is 0 Å². The number of hydrogen-bond donors (Lipinski definition) is 0. The number of nitrogens with zero attached hydrogens (tertiary/aromatic N) is 3. The van der Waals surface area contributed by atoms with Crippen molar-refractivity contribution in [3.05, 3.63) is 0 Å². The van der Waals surface area contributed by atoms with Gasteiger partial charge in [0.1, 0.15) is 18.1 Å². The molecule has 9 nitrogen and oxygen atoms in total. The Morgan fingerprint density at radius 3 is 1.27 bits per heavy atom. The topological polar surface area (TPSA) is 96.5 Å². The maximum Gasteiger partial charge on any atom is 0.409 e. The van der Waals surface area contributed by atoms with Crippen LogP contribution in [0.3, 0.4) is 0 Å². The van der Waals surface area contributed by atoms with Crippen molar-refractivity contribution >= 4 is 23.9 Å². The molecule has 6 atom stereocenters. The molecule has 0 rings (SSSR count). The first-order chi connectivity index (χ1) is 15.4. The fraction of sp³-hybridized carbons (Fsp3) is 0.833. The van der Waals surface area contributed by atoms with E-state index >= 15 is 0 Å². The minimum Gasteiger partial charge on any atom is -0.467 e. The summed E-state index contributed by atoms with van der Waals surface area (Å²) in [5, 5.41) is 0. The third-order valence-corrected chi connectivity index (χ3v) is 6.91. The van der Waals surface area contributed by atoms with E-state index in [0.29, 0.717) is 19.3 Å². The summed E-state index contributed by atoms with van der Waals surface area (Å²) in [4.78, 5) is 56.2. The summed E-state index contributed by atoms with van der Waals surface area (Å²) in [6, 6.07) is -2.35. The molecule has 0 saturated carbocycles. The minimum absolute atomic E-state index is 0.122. The zero-order valence-corrected chi connectivity index (χ0v) is 22.4. The Morgan fingerprint density at radius 2 is 0.939 bits per heavy atom. The van der Waals surface area contributed by atoms with Crippen molar-refractivity contribution in [1.82, 2.24) is 14.7 Å². The number of carbonyl (C=O) groups excluding carboxylic acids is 4. The van der Waals surface area contributed by atoms with Gasteiger partial charge >= 0.3 is 12.1 Å². The predicted molar refractivity (Wildman–Crippen MR) is 127 cm³/mol. The second-order valence-electron chi connectivity index (χ2n) is 8.99. The van der Waals surface area contributed by atoms with Gasteiger partial charge in [0.05, 0.1) is 14.2 Å². The van der Waals surface area contributed by atoms with Crippen LogP contribution in [-0.2, 0) is 23.9 Å². The Morgan fingerprint density at radius 1 is 0.606 bits per heavy atom. The van der Waals surface area contributed by atoms with Crippen molar-refractivity contribution in [2.45, 2.75) is 78.9 Å². The number of amides is 3. The van der Waals surface area contributed by atoms with Gasteiger partial charge in [0.2, 0.25) is 11.8 Å². The number of esters is 1. The van der Waals surface area contributed by atoms with Crippen LogP contribution in [0.1, 0.15) is 60.8 Å². The number of carbonyl (C=O) groups is 4. The summed E-state index contributed by atoms with van der Waals surface area (Å²) in [5.74, 6) is -1.62. The quantitative estimate of drug-likeness (QED) is 0.406. The molecule has 6 unspecified atom stereocenters. The predicted octanol–water partition coefficient (Wildman–Crippen LogP) is 3.02. The number of rotatable bonds is 12. The number of ether oxygens (including phenoxy) is 2. The zero-order chi connectivity index (χ0) is 26.0. The average molecular weight is 472 g/mol. The highest BCUT2D eigenvalue weighted by Crippen LogP contribution is 2.24. The van der Waals surface area contributed by atoms with Gasteiger partial charge in [-0.3, -0.25) is 14.5 Å². The zero-order valence-electron chi connectivity index (χ0n) is 22.4. The van der Waals surface area contributed by atoms with Crippen LogP contribution in [0.25, 0.3) is 0 Å². The average Bonchev–Trinajstić information content (AvgIpc) is 2.82. The summed E-state index contributed by atoms with van der Waals surface area (Å²) < 4.78 is 9.79. The van der Waals surface area contributed by atoms with Gasteiger partial charge in [-0.25, -0.2) is 9.59 Å². The highest BCUT2D eigenvalue weighted by Gasteiger charge is 2.42. The van der Waals surface area contributed by atoms with E-state index in [1.807, 2.05) is 41.5 Å². The number of methoxy groups -OCH3 is 2. The van der Waals surface area contributed by atoms with Gasteiger partial charge < -0.3 is 19.3 Å². The lowest BCUT2D eigenvalue weighted by molar-refractivity contribution is -0.158. The second-order valence-corrected chi connectivity index (χ2v) is 8.99. The van der Waals surface area contributed by atoms with Crippen LogP contribution in [0.4, 0.5) is 4.79 Å². The molecule has 0 aliphatic carbocycles. The van der Waals surface area contributed by atoms with Crippen LogP contribution in [0.15, 0.2) is 0 Å². The van der Waals surface area contributed by atoms with Gasteiger partial charge in [-0.05, 0) is 17.8 Å². The number of likely N-dealkylation sites (N-methyl/N-ethyl adjacent to an activating group) is 3. The van der Waals surface area contributed by atoms with E-state index in [1.54, 1.807) is 14.1 Å². The van der Waals surface area contributed by atoms with Crippen LogP contribution in [0, 0.1) is 17.8 Å². The fourth-order valence-electron chi connectivity index (χ4n) is 4.09. The molecule has 0 heterocycles. The monoisotopic (exact) mass is 471 g/mol. The molecule has 0 aromatic carbocycles. The molecular formula is C24H45N3O6. The van der Waals surface area contributed by atoms with E-state index in [2.05, 4.69) is 0 Å². The van der Waals surface area contributed by atoms with Crippen molar-refractivity contribution < 1.29 is 28.7 Å². The Labute approximate surface area is 199 Å². The van der Waals surface area contributed by atoms with Gasteiger partial charge in [-0.15, -0.1) is 0 Å². The number of hydrogen-bond acceptors (Lipinski definition) is 6. The van der Waals surface area contributed by atoms with Crippen LogP contribution in [0.5, 0.6) is 0 Å². The largest absolute Gasteiger partial charge is 0.467 e. The Bertz CT molecular complexity index is 671. The highest BCUT2D eigenvalue weighted by atomic mass is 16.5. The maximum absolute atomic E-state index is 13.7. The Kier molecular flexibility index (Phi) is 13.1. The first kappa shape index (κ1) is 30.7. The van der Waals surface area contributed by atoms with E-state index in [-0.39, 0.29) is 29.6 Å². The Hall–Kier alpha value is -2.32. The molecule has 0 saturated heterocycles. The van der Waals surface area contributed by atoms with Crippen LogP contribution < -0.4 is 0 Å². The molecule has 3 amide bonds. The first-order valence-corrected chi connectivity index (χ1v) is 11.8. The minimum atomic E-state index is -0.804. The molecule has 0 spiro atoms. The van der Waals surface area contributed by atoms with Gasteiger partial charge in [0, 0.05) is 21.1 Å². The van der Waals surface area contributed by atoms with Crippen molar-refractivity contribution in [3.63, 3.8) is 0 Å². The maximum atomic E-state index is 13.7. The summed E-state index contributed by atoms with van der Waals surface area (Å²) in [7, 11) is 7.26. The van der Waals surface area contributed by atoms with E-state index in [9.17, 15) is 19.2 Å². The highest BCUT2D eigenvalue weighted by molar-refractivity contribution is 5.93. The molecule has 0 aromatic heterocycles. The van der Waals surface area contributed by atoms with Gasteiger partial charge in [-0.1, -0.05) is 60.8 Å². The first-order valence-electron chi connectivity index (χ1n) is 11.8. The molecule has 0 aromatic rings. The molecular weight excluding hydrogens is 426 g/mol. The Balaban J connectivity index is 6.26. The summed E-state index contributed by atoms with van der Waals surface area (Å²) in [5.41, 5.74) is 0. The third-order valence-electron chi connectivity index (χ3n) is 6.91. The normalized spacial score (nSPS) is 16.5. The van der Waals surface area contributed by atoms with Gasteiger partial charge in [-0.2, -0.15) is 0 Å². The lowest BCUT2D eigenvalue weighted by Crippen LogP contribution is -2.60. The summed E-state index contributed by atoms with van der Waals surface area (Å²) >= 11 is 0. The molecule has 0 fully saturated rings. The van der Waals surface area contributed by atoms with Crippen LogP contribution in [0.2, 0.25) is 0 Å². The van der Waals surface area contributed by atoms with Gasteiger partial charge in [0.15, 0.2) is 0 Å². The molecule has 0 radical (unpaired) electrons. The van der Waals surface area contributed by atoms with Gasteiger partial charge in [0.25, 0.3) is 0 Å². The lowest BCUT2D eigenvalue weighted by Gasteiger charge is -2.40. The molecule has 33 heavy (non-hydrogen) atoms. The fourth-order valence-corrected chi connectivity index (χ4v) is 4.09. The van der Waals surface area contributed by atoms with Crippen molar-refractivity contribution in [2.24, 2.45) is 17.8 Å². The van der Waals surface area contributed by atoms with E-state index in [1.165, 1.54) is 36.0 Å². The molecule has 9 heteroatoms.